The third-order valence-electron chi connectivity index (χ3n) is 4.84. The average Bonchev–Trinajstić information content (AvgIpc) is 2.83. The van der Waals surface area contributed by atoms with Crippen LogP contribution in [-0.4, -0.2) is 31.0 Å². The molecule has 1 N–H and O–H groups in total. The van der Waals surface area contributed by atoms with Crippen LogP contribution in [0.25, 0.3) is 0 Å². The molecule has 7 nitrogen and oxygen atoms in total. The van der Waals surface area contributed by atoms with E-state index in [4.69, 9.17) is 9.47 Å². The molecule has 3 rings (SSSR count). The Kier molecular flexibility index (Phi) is 8.21. The van der Waals surface area contributed by atoms with Gasteiger partial charge >= 0.3 is 11.9 Å². The van der Waals surface area contributed by atoms with E-state index in [-0.39, 0.29) is 13.2 Å². The van der Waals surface area contributed by atoms with Gasteiger partial charge in [-0.2, -0.15) is 0 Å². The highest BCUT2D eigenvalue weighted by atomic mass is 32.2. The molecule has 3 aromatic carbocycles. The molecular weight excluding hydrogens is 442 g/mol. The monoisotopic (exact) mass is 467 g/mol. The zero-order chi connectivity index (χ0) is 23.7. The molecule has 0 fully saturated rings. The number of carbonyl (C=O) groups is 2. The van der Waals surface area contributed by atoms with Crippen molar-refractivity contribution in [2.24, 2.45) is 0 Å². The van der Waals surface area contributed by atoms with E-state index >= 15 is 0 Å². The molecule has 172 valence electrons. The van der Waals surface area contributed by atoms with Crippen molar-refractivity contribution < 1.29 is 27.5 Å². The molecule has 0 saturated heterocycles. The molecule has 8 heteroatoms. The van der Waals surface area contributed by atoms with E-state index in [0.29, 0.717) is 16.8 Å². The molecule has 0 aromatic heterocycles. The fourth-order valence-corrected chi connectivity index (χ4v) is 4.41. The average molecular weight is 468 g/mol. The van der Waals surface area contributed by atoms with Gasteiger partial charge < -0.3 is 14.8 Å². The lowest BCUT2D eigenvalue weighted by Gasteiger charge is -2.21. The Bertz CT molecular complexity index is 1100. The van der Waals surface area contributed by atoms with Crippen LogP contribution < -0.4 is 5.32 Å². The molecule has 33 heavy (non-hydrogen) atoms. The van der Waals surface area contributed by atoms with Gasteiger partial charge in [-0.3, -0.25) is 9.59 Å². The molecule has 0 bridgehead atoms. The fourth-order valence-electron chi connectivity index (χ4n) is 3.03. The van der Waals surface area contributed by atoms with Gasteiger partial charge in [0.1, 0.15) is 18.6 Å². The van der Waals surface area contributed by atoms with Crippen molar-refractivity contribution >= 4 is 27.5 Å². The summed E-state index contributed by atoms with van der Waals surface area (Å²) in [5.74, 6) is -2.36. The SMILES string of the molecule is CC(Nc1ccccc1)S(=O)(=O)C(C(=O)OCc1ccccc1)C(=O)OCc1ccccc1. The maximum Gasteiger partial charge on any atom is 0.336 e. The Hall–Kier alpha value is -3.65. The van der Waals surface area contributed by atoms with Crippen LogP contribution in [0.3, 0.4) is 0 Å². The number of rotatable bonds is 10. The Morgan fingerprint density at radius 1 is 0.727 bits per heavy atom. The van der Waals surface area contributed by atoms with Gasteiger partial charge in [-0.15, -0.1) is 0 Å². The lowest BCUT2D eigenvalue weighted by atomic mass is 10.2. The summed E-state index contributed by atoms with van der Waals surface area (Å²) in [6.45, 7) is 1.03. The molecule has 0 heterocycles. The van der Waals surface area contributed by atoms with Crippen molar-refractivity contribution in [3.8, 4) is 0 Å². The summed E-state index contributed by atoms with van der Waals surface area (Å²) in [6.07, 6.45) is 0. The minimum absolute atomic E-state index is 0.168. The molecule has 0 aliphatic rings. The second kappa shape index (κ2) is 11.3. The number of nitrogens with one attached hydrogen (secondary N) is 1. The molecule has 0 aliphatic carbocycles. The predicted octanol–water partition coefficient (Wildman–Crippen LogP) is 3.71. The molecule has 1 unspecified atom stereocenters. The summed E-state index contributed by atoms with van der Waals surface area (Å²) in [5, 5.41) is -0.564. The summed E-state index contributed by atoms with van der Waals surface area (Å²) in [5.41, 5.74) is 1.85. The van der Waals surface area contributed by atoms with E-state index in [1.54, 1.807) is 91.0 Å². The van der Waals surface area contributed by atoms with Gasteiger partial charge in [0.05, 0.1) is 0 Å². The van der Waals surface area contributed by atoms with Gasteiger partial charge in [0.15, 0.2) is 9.84 Å². The second-order valence-electron chi connectivity index (χ2n) is 7.31. The first kappa shape index (κ1) is 24.0. The summed E-state index contributed by atoms with van der Waals surface area (Å²) < 4.78 is 37.0. The van der Waals surface area contributed by atoms with Gasteiger partial charge in [-0.1, -0.05) is 78.9 Å². The first-order valence-electron chi connectivity index (χ1n) is 10.3. The van der Waals surface area contributed by atoms with E-state index in [0.717, 1.165) is 0 Å². The number of carbonyl (C=O) groups excluding carboxylic acids is 2. The maximum absolute atomic E-state index is 13.3. The summed E-state index contributed by atoms with van der Waals surface area (Å²) in [4.78, 5) is 25.7. The minimum atomic E-state index is -4.37. The normalized spacial score (nSPS) is 12.1. The number of para-hydroxylation sites is 1. The van der Waals surface area contributed by atoms with Gasteiger partial charge in [0, 0.05) is 5.69 Å². The highest BCUT2D eigenvalue weighted by Gasteiger charge is 2.45. The Labute approximate surface area is 193 Å². The zero-order valence-corrected chi connectivity index (χ0v) is 18.9. The summed E-state index contributed by atoms with van der Waals surface area (Å²) in [7, 11) is -4.37. The lowest BCUT2D eigenvalue weighted by molar-refractivity contribution is -0.155. The predicted molar refractivity (Wildman–Crippen MR) is 125 cm³/mol. The van der Waals surface area contributed by atoms with Crippen LogP contribution in [-0.2, 0) is 42.1 Å². The number of esters is 2. The fraction of sp³-hybridized carbons (Fsp3) is 0.200. The largest absolute Gasteiger partial charge is 0.459 e. The first-order valence-corrected chi connectivity index (χ1v) is 11.9. The highest BCUT2D eigenvalue weighted by Crippen LogP contribution is 2.18. The standard InChI is InChI=1S/C25H25NO6S/c1-19(26-22-15-9-4-10-16-22)33(29,30)23(24(27)31-17-20-11-5-2-6-12-20)25(28)32-18-21-13-7-3-8-14-21/h2-16,19,23,26H,17-18H2,1H3. The zero-order valence-electron chi connectivity index (χ0n) is 18.1. The molecule has 0 radical (unpaired) electrons. The molecule has 0 spiro atoms. The van der Waals surface area contributed by atoms with E-state index < -0.39 is 32.4 Å². The third kappa shape index (κ3) is 6.66. The Balaban J connectivity index is 1.79. The lowest BCUT2D eigenvalue weighted by Crippen LogP contribution is -2.46. The van der Waals surface area contributed by atoms with E-state index in [1.165, 1.54) is 6.92 Å². The van der Waals surface area contributed by atoms with Gasteiger partial charge in [0.2, 0.25) is 0 Å². The summed E-state index contributed by atoms with van der Waals surface area (Å²) in [6, 6.07) is 26.2. The van der Waals surface area contributed by atoms with Crippen LogP contribution in [0.4, 0.5) is 5.69 Å². The number of hydrogen-bond donors (Lipinski definition) is 1. The van der Waals surface area contributed by atoms with Crippen LogP contribution in [0.5, 0.6) is 0 Å². The van der Waals surface area contributed by atoms with E-state index in [2.05, 4.69) is 5.32 Å². The van der Waals surface area contributed by atoms with Crippen LogP contribution in [0.1, 0.15) is 18.1 Å². The van der Waals surface area contributed by atoms with Crippen molar-refractivity contribution in [3.63, 3.8) is 0 Å². The maximum atomic E-state index is 13.3. The molecule has 0 aliphatic heterocycles. The smallest absolute Gasteiger partial charge is 0.336 e. The summed E-state index contributed by atoms with van der Waals surface area (Å²) >= 11 is 0. The Morgan fingerprint density at radius 3 is 1.55 bits per heavy atom. The van der Waals surface area contributed by atoms with Gasteiger partial charge in [0.25, 0.3) is 5.25 Å². The van der Waals surface area contributed by atoms with Crippen LogP contribution in [0.15, 0.2) is 91.0 Å². The van der Waals surface area contributed by atoms with Crippen LogP contribution in [0, 0.1) is 0 Å². The van der Waals surface area contributed by atoms with E-state index in [9.17, 15) is 18.0 Å². The molecule has 3 aromatic rings. The number of ether oxygens (including phenoxy) is 2. The van der Waals surface area contributed by atoms with Crippen LogP contribution >= 0.6 is 0 Å². The number of benzene rings is 3. The van der Waals surface area contributed by atoms with Gasteiger partial charge in [-0.05, 0) is 30.2 Å². The third-order valence-corrected chi connectivity index (χ3v) is 6.99. The second-order valence-corrected chi connectivity index (χ2v) is 9.66. The number of anilines is 1. The highest BCUT2D eigenvalue weighted by molar-refractivity contribution is 7.94. The minimum Gasteiger partial charge on any atom is -0.459 e. The number of hydrogen-bond acceptors (Lipinski definition) is 7. The van der Waals surface area contributed by atoms with Crippen molar-refractivity contribution in [2.75, 3.05) is 5.32 Å². The van der Waals surface area contributed by atoms with Gasteiger partial charge in [-0.25, -0.2) is 8.42 Å². The molecule has 1 atom stereocenters. The topological polar surface area (TPSA) is 98.8 Å². The molecular formula is C25H25NO6S. The quantitative estimate of drug-likeness (QED) is 0.358. The van der Waals surface area contributed by atoms with Crippen molar-refractivity contribution in [1.29, 1.82) is 0 Å². The van der Waals surface area contributed by atoms with Crippen molar-refractivity contribution in [3.05, 3.63) is 102 Å². The molecule has 0 saturated carbocycles. The van der Waals surface area contributed by atoms with Crippen LogP contribution in [0.2, 0.25) is 0 Å². The first-order chi connectivity index (χ1) is 15.9. The Morgan fingerprint density at radius 2 is 1.12 bits per heavy atom. The molecule has 0 amide bonds. The van der Waals surface area contributed by atoms with E-state index in [1.807, 2.05) is 0 Å². The van der Waals surface area contributed by atoms with Crippen molar-refractivity contribution in [2.45, 2.75) is 30.8 Å². The van der Waals surface area contributed by atoms with Crippen molar-refractivity contribution in [1.82, 2.24) is 0 Å². The number of sulfone groups is 1.